The molecule has 18 heavy (non-hydrogen) atoms. The topological polar surface area (TPSA) is 35.0 Å². The predicted molar refractivity (Wildman–Crippen MR) is 70.3 cm³/mol. The summed E-state index contributed by atoms with van der Waals surface area (Å²) in [6.45, 7) is 4.07. The number of halogens is 2. The minimum Gasteiger partial charge on any atom is -0.439 e. The van der Waals surface area contributed by atoms with Crippen molar-refractivity contribution in [2.75, 3.05) is 0 Å². The van der Waals surface area contributed by atoms with Crippen LogP contribution in [0.3, 0.4) is 0 Å². The maximum absolute atomic E-state index is 13.3. The zero-order valence-electron chi connectivity index (χ0n) is 10.0. The molecule has 0 atom stereocenters. The number of benzene rings is 1. The number of aromatic nitrogens is 2. The zero-order valence-corrected chi connectivity index (χ0v) is 11.6. The quantitative estimate of drug-likeness (QED) is 0.848. The van der Waals surface area contributed by atoms with Crippen molar-refractivity contribution >= 4 is 15.9 Å². The smallest absolute Gasteiger partial charge is 0.222 e. The fourth-order valence-corrected chi connectivity index (χ4v) is 1.63. The van der Waals surface area contributed by atoms with Gasteiger partial charge in [-0.25, -0.2) is 14.4 Å². The van der Waals surface area contributed by atoms with Crippen molar-refractivity contribution in [2.45, 2.75) is 19.8 Å². The van der Waals surface area contributed by atoms with Gasteiger partial charge in [0, 0.05) is 12.1 Å². The molecule has 0 aliphatic carbocycles. The van der Waals surface area contributed by atoms with Crippen LogP contribution >= 0.6 is 15.9 Å². The highest BCUT2D eigenvalue weighted by atomic mass is 79.9. The van der Waals surface area contributed by atoms with Crippen molar-refractivity contribution < 1.29 is 9.13 Å². The molecule has 0 unspecified atom stereocenters. The van der Waals surface area contributed by atoms with Crippen LogP contribution < -0.4 is 4.74 Å². The Morgan fingerprint density at radius 1 is 1.22 bits per heavy atom. The van der Waals surface area contributed by atoms with E-state index >= 15 is 0 Å². The molecule has 1 aromatic heterocycles. The summed E-state index contributed by atoms with van der Waals surface area (Å²) in [4.78, 5) is 8.14. The van der Waals surface area contributed by atoms with E-state index in [1.54, 1.807) is 18.2 Å². The first-order chi connectivity index (χ1) is 8.56. The number of rotatable bonds is 3. The van der Waals surface area contributed by atoms with Crippen molar-refractivity contribution in [3.63, 3.8) is 0 Å². The molecule has 0 bridgehead atoms. The van der Waals surface area contributed by atoms with E-state index < -0.39 is 0 Å². The van der Waals surface area contributed by atoms with Gasteiger partial charge >= 0.3 is 0 Å². The van der Waals surface area contributed by atoms with Gasteiger partial charge in [0.2, 0.25) is 5.88 Å². The highest BCUT2D eigenvalue weighted by Gasteiger charge is 2.06. The Balaban J connectivity index is 2.23. The van der Waals surface area contributed by atoms with Crippen molar-refractivity contribution in [2.24, 2.45) is 0 Å². The SMILES string of the molecule is CC(C)c1cc(Oc2ccc(Br)c(F)c2)ncn1. The first-order valence-electron chi connectivity index (χ1n) is 5.51. The highest BCUT2D eigenvalue weighted by molar-refractivity contribution is 9.10. The van der Waals surface area contributed by atoms with E-state index in [4.69, 9.17) is 4.74 Å². The molecule has 3 nitrogen and oxygen atoms in total. The van der Waals surface area contributed by atoms with E-state index in [0.29, 0.717) is 16.1 Å². The zero-order chi connectivity index (χ0) is 13.1. The number of nitrogens with zero attached hydrogens (tertiary/aromatic N) is 2. The minimum absolute atomic E-state index is 0.289. The Labute approximate surface area is 113 Å². The van der Waals surface area contributed by atoms with Crippen LogP contribution in [0.2, 0.25) is 0 Å². The molecule has 2 aromatic rings. The molecule has 1 aromatic carbocycles. The Kier molecular flexibility index (Phi) is 3.91. The van der Waals surface area contributed by atoms with E-state index in [2.05, 4.69) is 25.9 Å². The van der Waals surface area contributed by atoms with Crippen molar-refractivity contribution in [1.29, 1.82) is 0 Å². The Bertz CT molecular complexity index is 560. The summed E-state index contributed by atoms with van der Waals surface area (Å²) >= 11 is 3.09. The van der Waals surface area contributed by atoms with Gasteiger partial charge in [-0.1, -0.05) is 13.8 Å². The Morgan fingerprint density at radius 2 is 2.00 bits per heavy atom. The molecule has 0 radical (unpaired) electrons. The maximum Gasteiger partial charge on any atom is 0.222 e. The largest absolute Gasteiger partial charge is 0.439 e. The third kappa shape index (κ3) is 3.04. The lowest BCUT2D eigenvalue weighted by atomic mass is 10.1. The van der Waals surface area contributed by atoms with Gasteiger partial charge in [0.05, 0.1) is 10.2 Å². The van der Waals surface area contributed by atoms with Crippen LogP contribution in [0.15, 0.2) is 35.1 Å². The average molecular weight is 311 g/mol. The number of hydrogen-bond acceptors (Lipinski definition) is 3. The fraction of sp³-hybridized carbons (Fsp3) is 0.231. The second-order valence-corrected chi connectivity index (χ2v) is 4.97. The van der Waals surface area contributed by atoms with Crippen LogP contribution in [-0.4, -0.2) is 9.97 Å². The molecule has 2 rings (SSSR count). The molecule has 0 aliphatic rings. The number of hydrogen-bond donors (Lipinski definition) is 0. The van der Waals surface area contributed by atoms with Crippen molar-refractivity contribution in [3.05, 3.63) is 46.6 Å². The standard InChI is InChI=1S/C13H12BrFN2O/c1-8(2)12-6-13(17-7-16-12)18-9-3-4-10(14)11(15)5-9/h3-8H,1-2H3. The first kappa shape index (κ1) is 13.0. The molecule has 0 amide bonds. The summed E-state index contributed by atoms with van der Waals surface area (Å²) < 4.78 is 19.2. The summed E-state index contributed by atoms with van der Waals surface area (Å²) in [7, 11) is 0. The van der Waals surface area contributed by atoms with Crippen LogP contribution in [0.4, 0.5) is 4.39 Å². The van der Waals surface area contributed by atoms with E-state index in [1.165, 1.54) is 12.4 Å². The van der Waals surface area contributed by atoms with Gasteiger partial charge in [-0.2, -0.15) is 0 Å². The first-order valence-corrected chi connectivity index (χ1v) is 6.30. The molecule has 94 valence electrons. The Morgan fingerprint density at radius 3 is 2.67 bits per heavy atom. The van der Waals surface area contributed by atoms with Gasteiger partial charge in [-0.05, 0) is 34.0 Å². The number of ether oxygens (including phenoxy) is 1. The van der Waals surface area contributed by atoms with E-state index in [0.717, 1.165) is 5.69 Å². The molecule has 0 fully saturated rings. The lowest BCUT2D eigenvalue weighted by Crippen LogP contribution is -1.96. The van der Waals surface area contributed by atoms with Crippen molar-refractivity contribution in [3.8, 4) is 11.6 Å². The molecule has 0 aliphatic heterocycles. The third-order valence-corrected chi connectivity index (χ3v) is 3.01. The predicted octanol–water partition coefficient (Wildman–Crippen LogP) is 4.29. The Hall–Kier alpha value is -1.49. The van der Waals surface area contributed by atoms with Crippen LogP contribution in [0, 0.1) is 5.82 Å². The van der Waals surface area contributed by atoms with Crippen LogP contribution in [-0.2, 0) is 0 Å². The molecule has 1 heterocycles. The second-order valence-electron chi connectivity index (χ2n) is 4.11. The summed E-state index contributed by atoms with van der Waals surface area (Å²) in [5, 5.41) is 0. The van der Waals surface area contributed by atoms with Gasteiger partial charge in [-0.15, -0.1) is 0 Å². The molecule has 0 spiro atoms. The second kappa shape index (κ2) is 5.44. The van der Waals surface area contributed by atoms with Gasteiger partial charge in [-0.3, -0.25) is 0 Å². The van der Waals surface area contributed by atoms with E-state index in [9.17, 15) is 4.39 Å². The van der Waals surface area contributed by atoms with Gasteiger partial charge in [0.15, 0.2) is 0 Å². The van der Waals surface area contributed by atoms with Crippen molar-refractivity contribution in [1.82, 2.24) is 9.97 Å². The molecule has 5 heteroatoms. The minimum atomic E-state index is -0.370. The highest BCUT2D eigenvalue weighted by Crippen LogP contribution is 2.25. The summed E-state index contributed by atoms with van der Waals surface area (Å²) in [6, 6.07) is 6.32. The lowest BCUT2D eigenvalue weighted by molar-refractivity contribution is 0.454. The van der Waals surface area contributed by atoms with Gasteiger partial charge in [0.25, 0.3) is 0 Å². The third-order valence-electron chi connectivity index (χ3n) is 2.37. The lowest BCUT2D eigenvalue weighted by Gasteiger charge is -2.08. The van der Waals surface area contributed by atoms with E-state index in [-0.39, 0.29) is 11.7 Å². The van der Waals surface area contributed by atoms with Gasteiger partial charge < -0.3 is 4.74 Å². The molecule has 0 saturated carbocycles. The molecular weight excluding hydrogens is 299 g/mol. The summed E-state index contributed by atoms with van der Waals surface area (Å²) in [6.07, 6.45) is 1.44. The summed E-state index contributed by atoms with van der Waals surface area (Å²) in [5.74, 6) is 0.738. The average Bonchev–Trinajstić information content (AvgIpc) is 2.34. The fourth-order valence-electron chi connectivity index (χ4n) is 1.39. The van der Waals surface area contributed by atoms with Gasteiger partial charge in [0.1, 0.15) is 17.9 Å². The monoisotopic (exact) mass is 310 g/mol. The molecular formula is C13H12BrFN2O. The van der Waals surface area contributed by atoms with Crippen LogP contribution in [0.5, 0.6) is 11.6 Å². The molecule has 0 N–H and O–H groups in total. The van der Waals surface area contributed by atoms with E-state index in [1.807, 2.05) is 13.8 Å². The van der Waals surface area contributed by atoms with Crippen LogP contribution in [0.25, 0.3) is 0 Å². The summed E-state index contributed by atoms with van der Waals surface area (Å²) in [5.41, 5.74) is 0.887. The maximum atomic E-state index is 13.3. The normalized spacial score (nSPS) is 10.7. The molecule has 0 saturated heterocycles. The van der Waals surface area contributed by atoms with Crippen LogP contribution in [0.1, 0.15) is 25.5 Å².